The molecule has 2 aliphatic rings. The zero-order valence-electron chi connectivity index (χ0n) is 5.20. The van der Waals surface area contributed by atoms with Crippen LogP contribution in [0.1, 0.15) is 0 Å². The van der Waals surface area contributed by atoms with Gasteiger partial charge in [0, 0.05) is 0 Å². The molecule has 2 heterocycles. The third-order valence-electron chi connectivity index (χ3n) is 1.96. The van der Waals surface area contributed by atoms with Gasteiger partial charge in [-0.3, -0.25) is 0 Å². The number of nitrogens with zero attached hydrogens (tertiary/aromatic N) is 1. The topological polar surface area (TPSA) is 33.0 Å². The van der Waals surface area contributed by atoms with Gasteiger partial charge >= 0.3 is 0 Å². The SMILES string of the molecule is N#CC1C2C=CC(O2)C1Br. The summed E-state index contributed by atoms with van der Waals surface area (Å²) in [7, 11) is 0. The molecule has 2 rings (SSSR count). The second-order valence-corrected chi connectivity index (χ2v) is 3.61. The average molecular weight is 200 g/mol. The van der Waals surface area contributed by atoms with Crippen LogP contribution in [0.3, 0.4) is 0 Å². The van der Waals surface area contributed by atoms with Gasteiger partial charge < -0.3 is 4.74 Å². The van der Waals surface area contributed by atoms with Crippen LogP contribution in [0, 0.1) is 17.2 Å². The van der Waals surface area contributed by atoms with Crippen LogP contribution < -0.4 is 0 Å². The summed E-state index contributed by atoms with van der Waals surface area (Å²) >= 11 is 3.42. The summed E-state index contributed by atoms with van der Waals surface area (Å²) in [6.45, 7) is 0. The molecular weight excluding hydrogens is 194 g/mol. The minimum atomic E-state index is 0.00926. The quantitative estimate of drug-likeness (QED) is 0.435. The van der Waals surface area contributed by atoms with Crippen LogP contribution in [0.4, 0.5) is 0 Å². The van der Waals surface area contributed by atoms with Gasteiger partial charge in [-0.2, -0.15) is 5.26 Å². The van der Waals surface area contributed by atoms with Gasteiger partial charge in [0.25, 0.3) is 0 Å². The highest BCUT2D eigenvalue weighted by atomic mass is 79.9. The van der Waals surface area contributed by atoms with E-state index in [1.54, 1.807) is 0 Å². The molecule has 4 unspecified atom stereocenters. The van der Waals surface area contributed by atoms with Crippen molar-refractivity contribution in [2.45, 2.75) is 17.0 Å². The lowest BCUT2D eigenvalue weighted by Gasteiger charge is -2.11. The lowest BCUT2D eigenvalue weighted by molar-refractivity contribution is 0.115. The Morgan fingerprint density at radius 3 is 2.50 bits per heavy atom. The van der Waals surface area contributed by atoms with Crippen molar-refractivity contribution in [2.75, 3.05) is 0 Å². The van der Waals surface area contributed by atoms with Crippen molar-refractivity contribution in [2.24, 2.45) is 5.92 Å². The summed E-state index contributed by atoms with van der Waals surface area (Å²) < 4.78 is 5.41. The van der Waals surface area contributed by atoms with Crippen molar-refractivity contribution in [3.8, 4) is 6.07 Å². The lowest BCUT2D eigenvalue weighted by Crippen LogP contribution is -2.22. The van der Waals surface area contributed by atoms with Crippen LogP contribution >= 0.6 is 15.9 Å². The Bertz CT molecular complexity index is 220. The van der Waals surface area contributed by atoms with E-state index in [1.165, 1.54) is 0 Å². The molecule has 52 valence electrons. The predicted molar refractivity (Wildman–Crippen MR) is 39.6 cm³/mol. The first kappa shape index (κ1) is 6.38. The fourth-order valence-electron chi connectivity index (χ4n) is 1.41. The van der Waals surface area contributed by atoms with Gasteiger partial charge in [-0.1, -0.05) is 28.1 Å². The van der Waals surface area contributed by atoms with Gasteiger partial charge in [0.05, 0.1) is 29.0 Å². The van der Waals surface area contributed by atoms with E-state index >= 15 is 0 Å². The fraction of sp³-hybridized carbons (Fsp3) is 0.571. The summed E-state index contributed by atoms with van der Waals surface area (Å²) in [6.07, 6.45) is 4.16. The molecule has 3 heteroatoms. The van der Waals surface area contributed by atoms with Gasteiger partial charge in [-0.05, 0) is 0 Å². The molecule has 0 aliphatic carbocycles. The molecule has 0 aromatic heterocycles. The highest BCUT2D eigenvalue weighted by molar-refractivity contribution is 9.09. The maximum absolute atomic E-state index is 8.66. The predicted octanol–water partition coefficient (Wildman–Crippen LogP) is 1.23. The largest absolute Gasteiger partial charge is 0.364 e. The van der Waals surface area contributed by atoms with Crippen molar-refractivity contribution in [3.05, 3.63) is 12.2 Å². The smallest absolute Gasteiger partial charge is 0.0935 e. The van der Waals surface area contributed by atoms with Gasteiger partial charge in [0.15, 0.2) is 0 Å². The molecule has 2 nitrogen and oxygen atoms in total. The number of rotatable bonds is 0. The van der Waals surface area contributed by atoms with E-state index in [0.29, 0.717) is 0 Å². The van der Waals surface area contributed by atoms with E-state index in [0.717, 1.165) is 0 Å². The van der Waals surface area contributed by atoms with E-state index in [9.17, 15) is 0 Å². The molecule has 4 atom stereocenters. The highest BCUT2D eigenvalue weighted by Crippen LogP contribution is 2.37. The minimum absolute atomic E-state index is 0.00926. The normalized spacial score (nSPS) is 49.6. The number of fused-ring (bicyclic) bond motifs is 2. The van der Waals surface area contributed by atoms with Gasteiger partial charge in [0.2, 0.25) is 0 Å². The third-order valence-corrected chi connectivity index (χ3v) is 3.06. The number of alkyl halides is 1. The Balaban J connectivity index is 2.28. The van der Waals surface area contributed by atoms with E-state index in [2.05, 4.69) is 22.0 Å². The van der Waals surface area contributed by atoms with Gasteiger partial charge in [-0.15, -0.1) is 0 Å². The molecular formula is C7H6BrNO. The first-order chi connectivity index (χ1) is 4.83. The van der Waals surface area contributed by atoms with E-state index < -0.39 is 0 Å². The van der Waals surface area contributed by atoms with Gasteiger partial charge in [0.1, 0.15) is 0 Å². The first-order valence-corrected chi connectivity index (χ1v) is 4.12. The Morgan fingerprint density at radius 2 is 2.10 bits per heavy atom. The molecule has 2 aliphatic heterocycles. The average Bonchev–Trinajstić information content (AvgIpc) is 2.46. The Hall–Kier alpha value is -0.330. The zero-order valence-corrected chi connectivity index (χ0v) is 6.78. The summed E-state index contributed by atoms with van der Waals surface area (Å²) in [5, 5.41) is 8.66. The second-order valence-electron chi connectivity index (χ2n) is 2.55. The molecule has 0 saturated carbocycles. The molecule has 0 spiro atoms. The van der Waals surface area contributed by atoms with E-state index in [1.807, 2.05) is 12.2 Å². The fourth-order valence-corrected chi connectivity index (χ4v) is 2.13. The number of hydrogen-bond acceptors (Lipinski definition) is 2. The Morgan fingerprint density at radius 1 is 1.40 bits per heavy atom. The number of ether oxygens (including phenoxy) is 1. The van der Waals surface area contributed by atoms with Crippen molar-refractivity contribution >= 4 is 15.9 Å². The summed E-state index contributed by atoms with van der Waals surface area (Å²) in [5.41, 5.74) is 0. The maximum atomic E-state index is 8.66. The van der Waals surface area contributed by atoms with Crippen LogP contribution in [0.15, 0.2) is 12.2 Å². The van der Waals surface area contributed by atoms with E-state index in [-0.39, 0.29) is 23.0 Å². The van der Waals surface area contributed by atoms with Crippen molar-refractivity contribution in [3.63, 3.8) is 0 Å². The van der Waals surface area contributed by atoms with E-state index in [4.69, 9.17) is 10.00 Å². The zero-order chi connectivity index (χ0) is 7.14. The molecule has 1 saturated heterocycles. The number of halogens is 1. The summed E-state index contributed by atoms with van der Waals surface area (Å²) in [5.74, 6) is 0.00926. The lowest BCUT2D eigenvalue weighted by atomic mass is 9.96. The summed E-state index contributed by atoms with van der Waals surface area (Å²) in [6, 6.07) is 2.22. The van der Waals surface area contributed by atoms with Crippen LogP contribution in [-0.4, -0.2) is 17.0 Å². The summed E-state index contributed by atoms with van der Waals surface area (Å²) in [4.78, 5) is 0.201. The molecule has 2 bridgehead atoms. The van der Waals surface area contributed by atoms with Crippen LogP contribution in [0.25, 0.3) is 0 Å². The molecule has 0 aromatic rings. The number of nitriles is 1. The molecule has 1 fully saturated rings. The molecule has 10 heavy (non-hydrogen) atoms. The monoisotopic (exact) mass is 199 g/mol. The molecule has 0 amide bonds. The van der Waals surface area contributed by atoms with Crippen LogP contribution in [0.2, 0.25) is 0 Å². The Labute approximate surface area is 67.6 Å². The van der Waals surface area contributed by atoms with Crippen LogP contribution in [0.5, 0.6) is 0 Å². The van der Waals surface area contributed by atoms with Crippen molar-refractivity contribution < 1.29 is 4.74 Å². The van der Waals surface area contributed by atoms with Gasteiger partial charge in [-0.25, -0.2) is 0 Å². The standard InChI is InChI=1S/C7H6BrNO/c8-7-4(3-9)5-1-2-6(7)10-5/h1-2,4-7H. The number of hydrogen-bond donors (Lipinski definition) is 0. The Kier molecular flexibility index (Phi) is 1.33. The molecule has 0 aromatic carbocycles. The molecule has 0 N–H and O–H groups in total. The third kappa shape index (κ3) is 0.664. The van der Waals surface area contributed by atoms with Crippen molar-refractivity contribution in [1.29, 1.82) is 5.26 Å². The first-order valence-electron chi connectivity index (χ1n) is 3.20. The van der Waals surface area contributed by atoms with Crippen molar-refractivity contribution in [1.82, 2.24) is 0 Å². The second kappa shape index (κ2) is 2.08. The molecule has 0 radical (unpaired) electrons. The highest BCUT2D eigenvalue weighted by Gasteiger charge is 2.44. The minimum Gasteiger partial charge on any atom is -0.364 e. The van der Waals surface area contributed by atoms with Crippen LogP contribution in [-0.2, 0) is 4.74 Å². The maximum Gasteiger partial charge on any atom is 0.0935 e.